The quantitative estimate of drug-likeness (QED) is 0.834. The van der Waals surface area contributed by atoms with Crippen LogP contribution in [0.2, 0.25) is 0 Å². The Morgan fingerprint density at radius 2 is 2.04 bits per heavy atom. The first-order chi connectivity index (χ1) is 12.0. The van der Waals surface area contributed by atoms with Gasteiger partial charge < -0.3 is 5.32 Å². The molecule has 2 heterocycles. The van der Waals surface area contributed by atoms with Crippen molar-refractivity contribution in [1.29, 1.82) is 0 Å². The summed E-state index contributed by atoms with van der Waals surface area (Å²) in [5, 5.41) is 3.75. The molecule has 0 saturated carbocycles. The Labute approximate surface area is 151 Å². The maximum absolute atomic E-state index is 12.4. The maximum atomic E-state index is 12.4. The molecule has 2 atom stereocenters. The Balaban J connectivity index is 1.70. The second kappa shape index (κ2) is 7.44. The van der Waals surface area contributed by atoms with Crippen molar-refractivity contribution in [1.82, 2.24) is 14.9 Å². The van der Waals surface area contributed by atoms with Crippen LogP contribution in [-0.2, 0) is 4.79 Å². The summed E-state index contributed by atoms with van der Waals surface area (Å²) < 4.78 is 1.67. The molecule has 1 aromatic carbocycles. The van der Waals surface area contributed by atoms with Gasteiger partial charge in [0.15, 0.2) is 5.16 Å². The molecule has 0 bridgehead atoms. The molecule has 0 spiro atoms. The maximum Gasteiger partial charge on any atom is 0.254 e. The van der Waals surface area contributed by atoms with Crippen LogP contribution in [0, 0.1) is 0 Å². The smallest absolute Gasteiger partial charge is 0.254 e. The standard InChI is InChI=1S/C19H23N3O2S/c1-12(2)16-10-18(24)22-15(11-25-19(22)21-16)9-17(23)20-13(3)14-7-5-4-6-8-14/h4-8,10,12-13,15H,9,11H2,1-3H3,(H,20,23). The molecule has 1 amide bonds. The van der Waals surface area contributed by atoms with Gasteiger partial charge in [0.2, 0.25) is 5.91 Å². The predicted molar refractivity (Wildman–Crippen MR) is 100.0 cm³/mol. The van der Waals surface area contributed by atoms with Crippen molar-refractivity contribution in [3.63, 3.8) is 0 Å². The zero-order chi connectivity index (χ0) is 18.0. The van der Waals surface area contributed by atoms with Gasteiger partial charge in [0, 0.05) is 18.2 Å². The number of thioether (sulfide) groups is 1. The van der Waals surface area contributed by atoms with Crippen LogP contribution in [0.3, 0.4) is 0 Å². The number of fused-ring (bicyclic) bond motifs is 1. The lowest BCUT2D eigenvalue weighted by Gasteiger charge is -2.17. The first-order valence-electron chi connectivity index (χ1n) is 8.56. The van der Waals surface area contributed by atoms with Gasteiger partial charge in [-0.25, -0.2) is 4.98 Å². The fourth-order valence-corrected chi connectivity index (χ4v) is 4.11. The number of carbonyl (C=O) groups excluding carboxylic acids is 1. The zero-order valence-corrected chi connectivity index (χ0v) is 15.5. The molecule has 0 aliphatic carbocycles. The average molecular weight is 357 g/mol. The minimum atomic E-state index is -0.135. The third-order valence-corrected chi connectivity index (χ3v) is 5.50. The second-order valence-corrected chi connectivity index (χ2v) is 7.68. The summed E-state index contributed by atoms with van der Waals surface area (Å²) in [4.78, 5) is 29.4. The third-order valence-electron chi connectivity index (χ3n) is 4.40. The number of amides is 1. The zero-order valence-electron chi connectivity index (χ0n) is 14.7. The second-order valence-electron chi connectivity index (χ2n) is 6.70. The first-order valence-corrected chi connectivity index (χ1v) is 9.55. The number of benzene rings is 1. The molecule has 1 N–H and O–H groups in total. The SMILES string of the molecule is CC(C)c1cc(=O)n2c(n1)SCC2CC(=O)NC(C)c1ccccc1. The van der Waals surface area contributed by atoms with Gasteiger partial charge in [0.1, 0.15) is 0 Å². The van der Waals surface area contributed by atoms with Crippen LogP contribution in [0.4, 0.5) is 0 Å². The van der Waals surface area contributed by atoms with Crippen LogP contribution in [0.5, 0.6) is 0 Å². The van der Waals surface area contributed by atoms with Gasteiger partial charge in [0.05, 0.1) is 17.8 Å². The van der Waals surface area contributed by atoms with E-state index in [-0.39, 0.29) is 29.5 Å². The Bertz CT molecular complexity index is 817. The van der Waals surface area contributed by atoms with Crippen LogP contribution in [0.15, 0.2) is 46.3 Å². The van der Waals surface area contributed by atoms with Crippen molar-refractivity contribution in [3.05, 3.63) is 58.0 Å². The van der Waals surface area contributed by atoms with E-state index in [0.29, 0.717) is 12.2 Å². The normalized spacial score (nSPS) is 17.4. The molecule has 3 rings (SSSR count). The molecule has 0 saturated heterocycles. The highest BCUT2D eigenvalue weighted by molar-refractivity contribution is 7.99. The van der Waals surface area contributed by atoms with E-state index >= 15 is 0 Å². The molecule has 0 radical (unpaired) electrons. The minimum Gasteiger partial charge on any atom is -0.350 e. The number of carbonyl (C=O) groups is 1. The molecule has 1 aromatic heterocycles. The van der Waals surface area contributed by atoms with Crippen molar-refractivity contribution in [2.75, 3.05) is 5.75 Å². The monoisotopic (exact) mass is 357 g/mol. The summed E-state index contributed by atoms with van der Waals surface area (Å²) in [7, 11) is 0. The van der Waals surface area contributed by atoms with Gasteiger partial charge in [-0.3, -0.25) is 14.2 Å². The van der Waals surface area contributed by atoms with E-state index in [1.165, 1.54) is 0 Å². The molecule has 132 valence electrons. The first kappa shape index (κ1) is 17.7. The van der Waals surface area contributed by atoms with Crippen LogP contribution < -0.4 is 10.9 Å². The molecule has 0 fully saturated rings. The van der Waals surface area contributed by atoms with Gasteiger partial charge in [-0.2, -0.15) is 0 Å². The van der Waals surface area contributed by atoms with Gasteiger partial charge >= 0.3 is 0 Å². The molecule has 2 unspecified atom stereocenters. The van der Waals surface area contributed by atoms with Crippen molar-refractivity contribution in [2.45, 2.75) is 50.4 Å². The van der Waals surface area contributed by atoms with E-state index in [2.05, 4.69) is 10.3 Å². The number of rotatable bonds is 5. The summed E-state index contributed by atoms with van der Waals surface area (Å²) in [6.45, 7) is 6.01. The van der Waals surface area contributed by atoms with E-state index in [4.69, 9.17) is 0 Å². The van der Waals surface area contributed by atoms with Gasteiger partial charge in [-0.05, 0) is 18.4 Å². The molecular formula is C19H23N3O2S. The van der Waals surface area contributed by atoms with Crippen molar-refractivity contribution < 1.29 is 4.79 Å². The van der Waals surface area contributed by atoms with Gasteiger partial charge in [0.25, 0.3) is 5.56 Å². The largest absolute Gasteiger partial charge is 0.350 e. The molecule has 25 heavy (non-hydrogen) atoms. The lowest BCUT2D eigenvalue weighted by atomic mass is 10.1. The van der Waals surface area contributed by atoms with Crippen molar-refractivity contribution in [2.24, 2.45) is 0 Å². The van der Waals surface area contributed by atoms with Crippen molar-refractivity contribution in [3.8, 4) is 0 Å². The number of aromatic nitrogens is 2. The predicted octanol–water partition coefficient (Wildman–Crippen LogP) is 3.28. The lowest BCUT2D eigenvalue weighted by molar-refractivity contribution is -0.122. The highest BCUT2D eigenvalue weighted by atomic mass is 32.2. The van der Waals surface area contributed by atoms with E-state index < -0.39 is 0 Å². The van der Waals surface area contributed by atoms with E-state index in [1.54, 1.807) is 22.4 Å². The van der Waals surface area contributed by atoms with Crippen LogP contribution in [0.25, 0.3) is 0 Å². The molecule has 1 aliphatic heterocycles. The third kappa shape index (κ3) is 3.95. The van der Waals surface area contributed by atoms with Gasteiger partial charge in [-0.15, -0.1) is 0 Å². The van der Waals surface area contributed by atoms with Crippen LogP contribution >= 0.6 is 11.8 Å². The molecule has 2 aromatic rings. The Morgan fingerprint density at radius 3 is 2.72 bits per heavy atom. The number of hydrogen-bond acceptors (Lipinski definition) is 4. The van der Waals surface area contributed by atoms with E-state index in [0.717, 1.165) is 16.4 Å². The molecule has 5 nitrogen and oxygen atoms in total. The summed E-state index contributed by atoms with van der Waals surface area (Å²) in [6.07, 6.45) is 0.291. The summed E-state index contributed by atoms with van der Waals surface area (Å²) >= 11 is 1.55. The molecule has 1 aliphatic rings. The summed E-state index contributed by atoms with van der Waals surface area (Å²) in [5.74, 6) is 0.875. The Morgan fingerprint density at radius 1 is 1.32 bits per heavy atom. The number of nitrogens with one attached hydrogen (secondary N) is 1. The number of nitrogens with zero attached hydrogens (tertiary/aromatic N) is 2. The number of hydrogen-bond donors (Lipinski definition) is 1. The topological polar surface area (TPSA) is 64.0 Å². The minimum absolute atomic E-state index is 0.0466. The molecule has 6 heteroatoms. The van der Waals surface area contributed by atoms with E-state index in [9.17, 15) is 9.59 Å². The fourth-order valence-electron chi connectivity index (χ4n) is 2.96. The lowest BCUT2D eigenvalue weighted by Crippen LogP contribution is -2.32. The van der Waals surface area contributed by atoms with Crippen molar-refractivity contribution >= 4 is 17.7 Å². The Hall–Kier alpha value is -2.08. The summed E-state index contributed by atoms with van der Waals surface area (Å²) in [5.41, 5.74) is 1.82. The van der Waals surface area contributed by atoms with Crippen LogP contribution in [0.1, 0.15) is 56.5 Å². The summed E-state index contributed by atoms with van der Waals surface area (Å²) in [6, 6.07) is 11.3. The fraction of sp³-hybridized carbons (Fsp3) is 0.421. The Kier molecular flexibility index (Phi) is 5.27. The van der Waals surface area contributed by atoms with Crippen LogP contribution in [-0.4, -0.2) is 21.2 Å². The molecular weight excluding hydrogens is 334 g/mol. The highest BCUT2D eigenvalue weighted by Gasteiger charge is 2.28. The van der Waals surface area contributed by atoms with Gasteiger partial charge in [-0.1, -0.05) is 55.9 Å². The average Bonchev–Trinajstić information content (AvgIpc) is 2.98. The van der Waals surface area contributed by atoms with E-state index in [1.807, 2.05) is 51.1 Å². The highest BCUT2D eigenvalue weighted by Crippen LogP contribution is 2.32.